The number of piperazine rings is 1. The Hall–Kier alpha value is -2.37. The second kappa shape index (κ2) is 11.0. The summed E-state index contributed by atoms with van der Waals surface area (Å²) in [5.41, 5.74) is 6.08. The smallest absolute Gasteiger partial charge is 0.251 e. The molecule has 0 aromatic heterocycles. The molecule has 1 N–H and O–H groups in total. The van der Waals surface area contributed by atoms with Crippen LogP contribution >= 0.6 is 0 Å². The molecular weight excluding hydrogens is 396 g/mol. The average molecular weight is 435 g/mol. The fraction of sp³-hybridized carbons (Fsp3) is 0.519. The molecule has 0 saturated carbocycles. The SMILES string of the molecule is Cc1ccc(N2CCN(Cc3ccc(C(=O)NCCN4CCCCC4)cc3)CC2)cc1C. The summed E-state index contributed by atoms with van der Waals surface area (Å²) in [6.45, 7) is 13.6. The van der Waals surface area contributed by atoms with Gasteiger partial charge in [-0.15, -0.1) is 0 Å². The molecule has 2 aliphatic rings. The van der Waals surface area contributed by atoms with E-state index in [1.54, 1.807) is 0 Å². The average Bonchev–Trinajstić information content (AvgIpc) is 2.82. The number of carbonyl (C=O) groups excluding carboxylic acids is 1. The van der Waals surface area contributed by atoms with E-state index in [0.29, 0.717) is 0 Å². The van der Waals surface area contributed by atoms with Gasteiger partial charge in [0.25, 0.3) is 5.91 Å². The molecule has 4 rings (SSSR count). The molecule has 2 fully saturated rings. The van der Waals surface area contributed by atoms with Crippen LogP contribution in [0.4, 0.5) is 5.69 Å². The van der Waals surface area contributed by atoms with Crippen LogP contribution in [0.25, 0.3) is 0 Å². The van der Waals surface area contributed by atoms with Gasteiger partial charge in [-0.25, -0.2) is 0 Å². The largest absolute Gasteiger partial charge is 0.369 e. The van der Waals surface area contributed by atoms with E-state index in [4.69, 9.17) is 0 Å². The molecule has 2 aromatic rings. The number of rotatable bonds is 7. The highest BCUT2D eigenvalue weighted by Crippen LogP contribution is 2.21. The fourth-order valence-corrected chi connectivity index (χ4v) is 4.72. The van der Waals surface area contributed by atoms with E-state index in [0.717, 1.165) is 51.4 Å². The number of amides is 1. The number of aryl methyl sites for hydroxylation is 2. The highest BCUT2D eigenvalue weighted by Gasteiger charge is 2.18. The zero-order valence-corrected chi connectivity index (χ0v) is 19.8. The summed E-state index contributed by atoms with van der Waals surface area (Å²) in [4.78, 5) is 19.9. The van der Waals surface area contributed by atoms with Gasteiger partial charge >= 0.3 is 0 Å². The lowest BCUT2D eigenvalue weighted by atomic mass is 10.1. The quantitative estimate of drug-likeness (QED) is 0.719. The molecule has 2 aromatic carbocycles. The number of anilines is 1. The van der Waals surface area contributed by atoms with Gasteiger partial charge in [0.15, 0.2) is 0 Å². The molecule has 0 radical (unpaired) electrons. The minimum Gasteiger partial charge on any atom is -0.369 e. The van der Waals surface area contributed by atoms with Crippen molar-refractivity contribution in [1.29, 1.82) is 0 Å². The number of likely N-dealkylation sites (tertiary alicyclic amines) is 1. The molecule has 2 heterocycles. The van der Waals surface area contributed by atoms with Crippen molar-refractivity contribution in [3.63, 3.8) is 0 Å². The Morgan fingerprint density at radius 3 is 2.22 bits per heavy atom. The van der Waals surface area contributed by atoms with Gasteiger partial charge in [-0.3, -0.25) is 9.69 Å². The molecule has 0 bridgehead atoms. The molecule has 0 spiro atoms. The minimum absolute atomic E-state index is 0.0376. The zero-order valence-electron chi connectivity index (χ0n) is 19.8. The normalized spacial score (nSPS) is 18.0. The molecule has 0 atom stereocenters. The predicted molar refractivity (Wildman–Crippen MR) is 132 cm³/mol. The van der Waals surface area contributed by atoms with Gasteiger partial charge in [0.2, 0.25) is 0 Å². The molecular formula is C27H38N4O. The molecule has 0 unspecified atom stereocenters. The van der Waals surface area contributed by atoms with E-state index < -0.39 is 0 Å². The zero-order chi connectivity index (χ0) is 22.3. The number of nitrogens with one attached hydrogen (secondary N) is 1. The van der Waals surface area contributed by atoms with Crippen molar-refractivity contribution >= 4 is 11.6 Å². The number of carbonyl (C=O) groups is 1. The first-order valence-electron chi connectivity index (χ1n) is 12.2. The van der Waals surface area contributed by atoms with Gasteiger partial charge in [-0.2, -0.15) is 0 Å². The minimum atomic E-state index is 0.0376. The standard InChI is InChI=1S/C27H38N4O/c1-22-6-11-26(20-23(22)2)31-18-16-30(17-19-31)21-24-7-9-25(10-8-24)27(32)28-12-15-29-13-4-3-5-14-29/h6-11,20H,3-5,12-19,21H2,1-2H3,(H,28,32). The summed E-state index contributed by atoms with van der Waals surface area (Å²) < 4.78 is 0. The summed E-state index contributed by atoms with van der Waals surface area (Å²) in [5.74, 6) is 0.0376. The van der Waals surface area contributed by atoms with E-state index in [1.807, 2.05) is 12.1 Å². The lowest BCUT2D eigenvalue weighted by Crippen LogP contribution is -2.46. The second-order valence-electron chi connectivity index (χ2n) is 9.39. The van der Waals surface area contributed by atoms with Crippen LogP contribution < -0.4 is 10.2 Å². The molecule has 1 amide bonds. The van der Waals surface area contributed by atoms with Crippen LogP contribution in [0, 0.1) is 13.8 Å². The van der Waals surface area contributed by atoms with Crippen molar-refractivity contribution in [2.45, 2.75) is 39.7 Å². The number of benzene rings is 2. The van der Waals surface area contributed by atoms with Crippen molar-refractivity contribution in [3.8, 4) is 0 Å². The maximum Gasteiger partial charge on any atom is 0.251 e. The van der Waals surface area contributed by atoms with E-state index >= 15 is 0 Å². The molecule has 32 heavy (non-hydrogen) atoms. The summed E-state index contributed by atoms with van der Waals surface area (Å²) >= 11 is 0. The summed E-state index contributed by atoms with van der Waals surface area (Å²) in [6, 6.07) is 14.9. The van der Waals surface area contributed by atoms with Crippen molar-refractivity contribution in [2.75, 3.05) is 57.3 Å². The van der Waals surface area contributed by atoms with Crippen molar-refractivity contribution in [1.82, 2.24) is 15.1 Å². The Balaban J connectivity index is 1.20. The molecule has 5 nitrogen and oxygen atoms in total. The third-order valence-electron chi connectivity index (χ3n) is 7.01. The topological polar surface area (TPSA) is 38.8 Å². The van der Waals surface area contributed by atoms with Crippen LogP contribution in [0.15, 0.2) is 42.5 Å². The van der Waals surface area contributed by atoms with Crippen LogP contribution in [0.1, 0.15) is 46.3 Å². The van der Waals surface area contributed by atoms with E-state index in [1.165, 1.54) is 54.7 Å². The summed E-state index contributed by atoms with van der Waals surface area (Å²) in [7, 11) is 0. The first-order chi connectivity index (χ1) is 15.6. The Morgan fingerprint density at radius 2 is 1.53 bits per heavy atom. The van der Waals surface area contributed by atoms with Gasteiger partial charge in [-0.05, 0) is 80.7 Å². The molecule has 0 aliphatic carbocycles. The molecule has 2 saturated heterocycles. The van der Waals surface area contributed by atoms with Gasteiger partial charge < -0.3 is 15.1 Å². The Kier molecular flexibility index (Phi) is 7.82. The highest BCUT2D eigenvalue weighted by atomic mass is 16.1. The van der Waals surface area contributed by atoms with E-state index in [9.17, 15) is 4.79 Å². The van der Waals surface area contributed by atoms with Crippen molar-refractivity contribution in [2.24, 2.45) is 0 Å². The van der Waals surface area contributed by atoms with E-state index in [2.05, 4.69) is 64.2 Å². The van der Waals surface area contributed by atoms with Crippen LogP contribution in [0.2, 0.25) is 0 Å². The highest BCUT2D eigenvalue weighted by molar-refractivity contribution is 5.94. The number of piperidine rings is 1. The maximum absolute atomic E-state index is 12.5. The number of nitrogens with zero attached hydrogens (tertiary/aromatic N) is 3. The lowest BCUT2D eigenvalue weighted by molar-refractivity contribution is 0.0946. The lowest BCUT2D eigenvalue weighted by Gasteiger charge is -2.36. The predicted octanol–water partition coefficient (Wildman–Crippen LogP) is 3.84. The Labute approximate surface area is 193 Å². The first kappa shape index (κ1) is 22.8. The van der Waals surface area contributed by atoms with E-state index in [-0.39, 0.29) is 5.91 Å². The molecule has 5 heteroatoms. The van der Waals surface area contributed by atoms with Crippen LogP contribution in [-0.4, -0.2) is 68.1 Å². The van der Waals surface area contributed by atoms with Crippen LogP contribution in [0.5, 0.6) is 0 Å². The third kappa shape index (κ3) is 6.11. The third-order valence-corrected chi connectivity index (χ3v) is 7.01. The van der Waals surface area contributed by atoms with Crippen molar-refractivity contribution in [3.05, 3.63) is 64.7 Å². The van der Waals surface area contributed by atoms with Gasteiger partial charge in [0, 0.05) is 57.1 Å². The monoisotopic (exact) mass is 434 g/mol. The van der Waals surface area contributed by atoms with Gasteiger partial charge in [-0.1, -0.05) is 24.6 Å². The fourth-order valence-electron chi connectivity index (χ4n) is 4.72. The van der Waals surface area contributed by atoms with Crippen LogP contribution in [0.3, 0.4) is 0 Å². The molecule has 172 valence electrons. The maximum atomic E-state index is 12.5. The first-order valence-corrected chi connectivity index (χ1v) is 12.2. The van der Waals surface area contributed by atoms with Crippen molar-refractivity contribution < 1.29 is 4.79 Å². The number of hydrogen-bond donors (Lipinski definition) is 1. The van der Waals surface area contributed by atoms with Gasteiger partial charge in [0.05, 0.1) is 0 Å². The Morgan fingerprint density at radius 1 is 0.812 bits per heavy atom. The second-order valence-corrected chi connectivity index (χ2v) is 9.39. The Bertz CT molecular complexity index is 881. The van der Waals surface area contributed by atoms with Gasteiger partial charge in [0.1, 0.15) is 0 Å². The summed E-state index contributed by atoms with van der Waals surface area (Å²) in [5, 5.41) is 3.08. The summed E-state index contributed by atoms with van der Waals surface area (Å²) in [6.07, 6.45) is 3.92. The molecule has 2 aliphatic heterocycles. The van der Waals surface area contributed by atoms with Crippen LogP contribution in [-0.2, 0) is 6.54 Å². The number of hydrogen-bond acceptors (Lipinski definition) is 4.